The van der Waals surface area contributed by atoms with Gasteiger partial charge in [-0.05, 0) is 142 Å². The van der Waals surface area contributed by atoms with Crippen LogP contribution in [-0.4, -0.2) is 6.71 Å². The number of benzene rings is 6. The minimum atomic E-state index is -0.0373. The van der Waals surface area contributed by atoms with Gasteiger partial charge in [-0.25, -0.2) is 0 Å². The van der Waals surface area contributed by atoms with Crippen molar-refractivity contribution in [3.05, 3.63) is 149 Å². The fourth-order valence-electron chi connectivity index (χ4n) is 9.49. The third kappa shape index (κ3) is 8.20. The van der Waals surface area contributed by atoms with Gasteiger partial charge in [0.25, 0.3) is 6.71 Å². The second kappa shape index (κ2) is 14.8. The molecule has 0 unspecified atom stereocenters. The van der Waals surface area contributed by atoms with Crippen LogP contribution in [0.25, 0.3) is 11.1 Å². The van der Waals surface area contributed by atoms with E-state index in [-0.39, 0.29) is 39.2 Å². The van der Waals surface area contributed by atoms with Crippen molar-refractivity contribution in [2.24, 2.45) is 0 Å². The van der Waals surface area contributed by atoms with E-state index >= 15 is 0 Å². The van der Waals surface area contributed by atoms with Crippen LogP contribution in [0.2, 0.25) is 0 Å². The van der Waals surface area contributed by atoms with Crippen molar-refractivity contribution in [1.82, 2.24) is 0 Å². The predicted molar refractivity (Wildman–Crippen MR) is 278 cm³/mol. The second-order valence-corrected chi connectivity index (χ2v) is 25.0. The minimum Gasteiger partial charge on any atom is -0.311 e. The lowest BCUT2D eigenvalue weighted by molar-refractivity contribution is 0.568. The van der Waals surface area contributed by atoms with Crippen LogP contribution in [-0.2, 0) is 32.5 Å². The van der Waals surface area contributed by atoms with Gasteiger partial charge in [0, 0.05) is 34.1 Å². The van der Waals surface area contributed by atoms with Crippen molar-refractivity contribution in [3.8, 4) is 11.1 Å². The fraction of sp³-hybridized carbons (Fsp3) is 0.400. The largest absolute Gasteiger partial charge is 0.311 e. The Hall–Kier alpha value is -5.02. The lowest BCUT2D eigenvalue weighted by Crippen LogP contribution is -2.61. The maximum absolute atomic E-state index is 2.62. The number of hydrogen-bond acceptors (Lipinski definition) is 2. The molecule has 2 nitrogen and oxygen atoms in total. The maximum Gasteiger partial charge on any atom is 0.252 e. The predicted octanol–water partition coefficient (Wildman–Crippen LogP) is 15.2. The van der Waals surface area contributed by atoms with Gasteiger partial charge in [0.1, 0.15) is 0 Å². The average Bonchev–Trinajstić information content (AvgIpc) is 3.18. The normalized spacial score (nSPS) is 14.4. The standard InChI is InChI=1S/C60H73BN2/c1-55(2,3)40-27-38(28-41(31-40)56(4,5)6)39-29-52-54-53(30-39)63(47-36-44(59(13,14)15)33-45(37-47)60(16,17)18)51-26-22-20-24-49(51)61(54)48-23-19-21-25-50(48)62(52)46-34-42(57(7,8)9)32-43(35-46)58(10,11)12/h19-37H,1-18H3. The number of hydrogen-bond donors (Lipinski definition) is 0. The van der Waals surface area contributed by atoms with E-state index in [0.717, 1.165) is 0 Å². The lowest BCUT2D eigenvalue weighted by atomic mass is 9.33. The van der Waals surface area contributed by atoms with Gasteiger partial charge < -0.3 is 9.80 Å². The summed E-state index contributed by atoms with van der Waals surface area (Å²) in [5.41, 5.74) is 21.9. The smallest absolute Gasteiger partial charge is 0.252 e. The average molecular weight is 833 g/mol. The SMILES string of the molecule is CC(C)(C)c1cc(-c2cc3c4c(c2)N(c2cc(C(C)(C)C)cc(C(C)(C)C)c2)c2ccccc2B4c2ccccc2N3c2cc(C(C)(C)C)cc(C(C)(C)C)c2)cc(C(C)(C)C)c1. The molecular weight excluding hydrogens is 759 g/mol. The third-order valence-electron chi connectivity index (χ3n) is 13.7. The molecule has 6 aromatic carbocycles. The summed E-state index contributed by atoms with van der Waals surface area (Å²) in [7, 11) is 0. The molecular formula is C60H73BN2. The van der Waals surface area contributed by atoms with Gasteiger partial charge in [0.15, 0.2) is 0 Å². The zero-order valence-corrected chi connectivity index (χ0v) is 41.9. The topological polar surface area (TPSA) is 6.48 Å². The third-order valence-corrected chi connectivity index (χ3v) is 13.7. The first kappa shape index (κ1) is 44.6. The molecule has 2 aliphatic rings. The zero-order chi connectivity index (χ0) is 46.0. The molecule has 8 rings (SSSR count). The molecule has 0 fully saturated rings. The Morgan fingerprint density at radius 3 is 0.873 bits per heavy atom. The fourth-order valence-corrected chi connectivity index (χ4v) is 9.49. The van der Waals surface area contributed by atoms with Gasteiger partial charge in [-0.1, -0.05) is 191 Å². The molecule has 0 atom stereocenters. The summed E-state index contributed by atoms with van der Waals surface area (Å²) in [5, 5.41) is 0. The van der Waals surface area contributed by atoms with E-state index < -0.39 is 0 Å². The van der Waals surface area contributed by atoms with E-state index in [1.165, 1.54) is 95.0 Å². The molecule has 0 spiro atoms. The Labute approximate surface area is 382 Å². The summed E-state index contributed by atoms with van der Waals surface area (Å²) >= 11 is 0. The van der Waals surface area contributed by atoms with Crippen LogP contribution in [0, 0.1) is 0 Å². The first-order valence-electron chi connectivity index (χ1n) is 23.5. The Balaban J connectivity index is 1.56. The molecule has 0 aromatic heterocycles. The van der Waals surface area contributed by atoms with E-state index in [9.17, 15) is 0 Å². The van der Waals surface area contributed by atoms with Gasteiger partial charge >= 0.3 is 0 Å². The summed E-state index contributed by atoms with van der Waals surface area (Å²) in [6.45, 7) is 42.3. The van der Waals surface area contributed by atoms with Gasteiger partial charge in [-0.15, -0.1) is 0 Å². The van der Waals surface area contributed by atoms with Gasteiger partial charge in [-0.3, -0.25) is 0 Å². The number of fused-ring (bicyclic) bond motifs is 4. The molecule has 63 heavy (non-hydrogen) atoms. The molecule has 0 radical (unpaired) electrons. The van der Waals surface area contributed by atoms with Crippen molar-refractivity contribution in [2.75, 3.05) is 9.80 Å². The van der Waals surface area contributed by atoms with Crippen LogP contribution in [0.3, 0.4) is 0 Å². The van der Waals surface area contributed by atoms with Crippen LogP contribution in [0.5, 0.6) is 0 Å². The van der Waals surface area contributed by atoms with Crippen molar-refractivity contribution < 1.29 is 0 Å². The van der Waals surface area contributed by atoms with Gasteiger partial charge in [-0.2, -0.15) is 0 Å². The Kier molecular flexibility index (Phi) is 10.4. The van der Waals surface area contributed by atoms with Crippen LogP contribution in [0.15, 0.2) is 115 Å². The number of rotatable bonds is 3. The summed E-state index contributed by atoms with van der Waals surface area (Å²) in [6, 6.07) is 45.7. The maximum atomic E-state index is 2.62. The van der Waals surface area contributed by atoms with Crippen LogP contribution in [0.1, 0.15) is 158 Å². The Morgan fingerprint density at radius 2 is 0.571 bits per heavy atom. The van der Waals surface area contributed by atoms with Crippen LogP contribution >= 0.6 is 0 Å². The minimum absolute atomic E-state index is 0.0208. The van der Waals surface area contributed by atoms with E-state index in [4.69, 9.17) is 0 Å². The molecule has 0 saturated carbocycles. The molecule has 3 heteroatoms. The summed E-state index contributed by atoms with van der Waals surface area (Å²) in [5.74, 6) is 0. The highest BCUT2D eigenvalue weighted by atomic mass is 15.2. The summed E-state index contributed by atoms with van der Waals surface area (Å²) in [4.78, 5) is 5.24. The monoisotopic (exact) mass is 833 g/mol. The molecule has 0 saturated heterocycles. The van der Waals surface area contributed by atoms with E-state index in [2.05, 4.69) is 250 Å². The van der Waals surface area contributed by atoms with Crippen molar-refractivity contribution in [1.29, 1.82) is 0 Å². The van der Waals surface area contributed by atoms with Crippen LogP contribution in [0.4, 0.5) is 34.1 Å². The molecule has 6 aromatic rings. The first-order valence-corrected chi connectivity index (χ1v) is 23.5. The number of anilines is 6. The molecule has 2 aliphatic heterocycles. The van der Waals surface area contributed by atoms with Crippen molar-refractivity contribution in [3.63, 3.8) is 0 Å². The van der Waals surface area contributed by atoms with E-state index in [1.54, 1.807) is 0 Å². The summed E-state index contributed by atoms with van der Waals surface area (Å²) < 4.78 is 0. The highest BCUT2D eigenvalue weighted by Gasteiger charge is 2.44. The quantitative estimate of drug-likeness (QED) is 0.164. The summed E-state index contributed by atoms with van der Waals surface area (Å²) in [6.07, 6.45) is 0. The highest BCUT2D eigenvalue weighted by Crippen LogP contribution is 2.49. The van der Waals surface area contributed by atoms with E-state index in [0.29, 0.717) is 0 Å². The van der Waals surface area contributed by atoms with Gasteiger partial charge in [0.2, 0.25) is 0 Å². The molecule has 2 heterocycles. The van der Waals surface area contributed by atoms with Crippen molar-refractivity contribution in [2.45, 2.75) is 157 Å². The Morgan fingerprint density at radius 1 is 0.302 bits per heavy atom. The highest BCUT2D eigenvalue weighted by molar-refractivity contribution is 7.00. The number of nitrogens with zero attached hydrogens (tertiary/aromatic N) is 2. The first-order chi connectivity index (χ1) is 29.0. The van der Waals surface area contributed by atoms with Gasteiger partial charge in [0.05, 0.1) is 0 Å². The lowest BCUT2D eigenvalue weighted by Gasteiger charge is -2.45. The molecule has 0 aliphatic carbocycles. The van der Waals surface area contributed by atoms with Crippen LogP contribution < -0.4 is 26.2 Å². The molecule has 0 bridgehead atoms. The molecule has 0 amide bonds. The molecule has 326 valence electrons. The molecule has 0 N–H and O–H groups in total. The number of para-hydroxylation sites is 2. The Bertz CT molecular complexity index is 2500. The second-order valence-electron chi connectivity index (χ2n) is 25.0. The van der Waals surface area contributed by atoms with Crippen molar-refractivity contribution >= 4 is 57.2 Å². The van der Waals surface area contributed by atoms with E-state index in [1.807, 2.05) is 0 Å². The zero-order valence-electron chi connectivity index (χ0n) is 41.9.